The summed E-state index contributed by atoms with van der Waals surface area (Å²) in [5.74, 6) is 0.812. The molecular formula is C20H24IN7S. The molecule has 152 valence electrons. The van der Waals surface area contributed by atoms with Crippen LogP contribution >= 0.6 is 35.3 Å². The predicted octanol–water partition coefficient (Wildman–Crippen LogP) is 3.50. The van der Waals surface area contributed by atoms with E-state index in [2.05, 4.69) is 56.9 Å². The molecule has 7 nitrogen and oxygen atoms in total. The number of aromatic nitrogens is 4. The lowest BCUT2D eigenvalue weighted by molar-refractivity contribution is 0.797. The van der Waals surface area contributed by atoms with E-state index in [1.165, 1.54) is 5.56 Å². The highest BCUT2D eigenvalue weighted by Crippen LogP contribution is 2.12. The average Bonchev–Trinajstić information content (AvgIpc) is 3.44. The minimum atomic E-state index is 0. The maximum absolute atomic E-state index is 4.65. The molecular weight excluding hydrogens is 497 g/mol. The summed E-state index contributed by atoms with van der Waals surface area (Å²) in [5.41, 5.74) is 3.31. The first-order valence-corrected chi connectivity index (χ1v) is 10.2. The van der Waals surface area contributed by atoms with Crippen LogP contribution in [0.3, 0.4) is 0 Å². The molecule has 0 unspecified atom stereocenters. The Morgan fingerprint density at radius 3 is 2.76 bits per heavy atom. The molecule has 0 radical (unpaired) electrons. The molecule has 0 atom stereocenters. The molecule has 0 saturated carbocycles. The van der Waals surface area contributed by atoms with E-state index in [-0.39, 0.29) is 24.0 Å². The van der Waals surface area contributed by atoms with Gasteiger partial charge in [0.05, 0.1) is 17.9 Å². The summed E-state index contributed by atoms with van der Waals surface area (Å²) in [4.78, 5) is 10.2. The fourth-order valence-electron chi connectivity index (χ4n) is 2.92. The van der Waals surface area contributed by atoms with Crippen LogP contribution in [0.2, 0.25) is 0 Å². The predicted molar refractivity (Wildman–Crippen MR) is 129 cm³/mol. The third-order valence-electron chi connectivity index (χ3n) is 4.30. The van der Waals surface area contributed by atoms with Crippen molar-refractivity contribution in [2.24, 2.45) is 4.99 Å². The van der Waals surface area contributed by atoms with Crippen LogP contribution in [0.4, 0.5) is 0 Å². The van der Waals surface area contributed by atoms with Crippen LogP contribution in [-0.4, -0.2) is 38.2 Å². The Bertz CT molecular complexity index is 1010. The highest BCUT2D eigenvalue weighted by Gasteiger charge is 2.03. The Balaban J connectivity index is 0.00000240. The fourth-order valence-corrected chi connectivity index (χ4v) is 3.64. The van der Waals surface area contributed by atoms with Crippen molar-refractivity contribution >= 4 is 46.2 Å². The second-order valence-electron chi connectivity index (χ2n) is 6.31. The van der Waals surface area contributed by atoms with Crippen LogP contribution < -0.4 is 10.6 Å². The fraction of sp³-hybridized carbons (Fsp3) is 0.250. The van der Waals surface area contributed by atoms with E-state index in [4.69, 9.17) is 0 Å². The topological polar surface area (TPSA) is 71.5 Å². The van der Waals surface area contributed by atoms with Gasteiger partial charge in [-0.25, -0.2) is 14.7 Å². The summed E-state index contributed by atoms with van der Waals surface area (Å²) in [6, 6.07) is 10.4. The first-order valence-electron chi connectivity index (χ1n) is 9.34. The van der Waals surface area contributed by atoms with Crippen molar-refractivity contribution in [1.29, 1.82) is 0 Å². The lowest BCUT2D eigenvalue weighted by atomic mass is 10.1. The summed E-state index contributed by atoms with van der Waals surface area (Å²) >= 11 is 1.63. The van der Waals surface area contributed by atoms with Gasteiger partial charge in [-0.15, -0.1) is 35.3 Å². The number of nitrogens with one attached hydrogen (secondary N) is 2. The van der Waals surface area contributed by atoms with E-state index in [9.17, 15) is 0 Å². The van der Waals surface area contributed by atoms with Gasteiger partial charge in [-0.3, -0.25) is 4.40 Å². The Kier molecular flexibility index (Phi) is 7.64. The molecule has 0 bridgehead atoms. The smallest absolute Gasteiger partial charge is 0.193 e. The van der Waals surface area contributed by atoms with Gasteiger partial charge in [-0.05, 0) is 37.1 Å². The SMILES string of the molecule is CCNC(=NCc1cn2ccsc2n1)NCCc1ccc(-n2cccn2)cc1.I. The molecule has 1 aromatic carbocycles. The number of aliphatic imine (C=N–C) groups is 1. The third-order valence-corrected chi connectivity index (χ3v) is 5.07. The van der Waals surface area contributed by atoms with Crippen molar-refractivity contribution in [3.8, 4) is 5.69 Å². The molecule has 9 heteroatoms. The van der Waals surface area contributed by atoms with Crippen LogP contribution in [0.25, 0.3) is 10.6 Å². The molecule has 3 aromatic heterocycles. The summed E-state index contributed by atoms with van der Waals surface area (Å²) in [7, 11) is 0. The number of imidazole rings is 1. The van der Waals surface area contributed by atoms with Crippen molar-refractivity contribution in [2.45, 2.75) is 19.9 Å². The Morgan fingerprint density at radius 1 is 1.17 bits per heavy atom. The van der Waals surface area contributed by atoms with Crippen molar-refractivity contribution < 1.29 is 0 Å². The molecule has 0 amide bonds. The lowest BCUT2D eigenvalue weighted by Gasteiger charge is -2.11. The number of hydrogen-bond donors (Lipinski definition) is 2. The number of hydrogen-bond acceptors (Lipinski definition) is 4. The Labute approximate surface area is 190 Å². The first kappa shape index (κ1) is 21.3. The van der Waals surface area contributed by atoms with Gasteiger partial charge >= 0.3 is 0 Å². The van der Waals surface area contributed by atoms with Gasteiger partial charge in [0, 0.05) is 43.3 Å². The number of benzene rings is 1. The zero-order chi connectivity index (χ0) is 19.2. The monoisotopic (exact) mass is 521 g/mol. The van der Waals surface area contributed by atoms with Crippen LogP contribution in [0.15, 0.2) is 65.5 Å². The highest BCUT2D eigenvalue weighted by atomic mass is 127. The summed E-state index contributed by atoms with van der Waals surface area (Å²) < 4.78 is 3.89. The van der Waals surface area contributed by atoms with Crippen LogP contribution in [0, 0.1) is 0 Å². The van der Waals surface area contributed by atoms with Crippen LogP contribution in [-0.2, 0) is 13.0 Å². The van der Waals surface area contributed by atoms with Crippen molar-refractivity contribution in [3.05, 3.63) is 71.8 Å². The van der Waals surface area contributed by atoms with E-state index in [1.807, 2.05) is 39.1 Å². The van der Waals surface area contributed by atoms with Crippen molar-refractivity contribution in [1.82, 2.24) is 29.8 Å². The number of nitrogens with zero attached hydrogens (tertiary/aromatic N) is 5. The van der Waals surface area contributed by atoms with Gasteiger partial charge in [-0.2, -0.15) is 5.10 Å². The molecule has 4 rings (SSSR count). The van der Waals surface area contributed by atoms with Crippen molar-refractivity contribution in [2.75, 3.05) is 13.1 Å². The van der Waals surface area contributed by atoms with Gasteiger partial charge in [0.25, 0.3) is 0 Å². The molecule has 0 fully saturated rings. The zero-order valence-electron chi connectivity index (χ0n) is 16.2. The summed E-state index contributed by atoms with van der Waals surface area (Å²) in [6.07, 6.45) is 8.69. The first-order chi connectivity index (χ1) is 13.8. The van der Waals surface area contributed by atoms with E-state index in [0.29, 0.717) is 6.54 Å². The molecule has 29 heavy (non-hydrogen) atoms. The summed E-state index contributed by atoms with van der Waals surface area (Å²) in [6.45, 7) is 4.26. The molecule has 0 saturated heterocycles. The molecule has 3 heterocycles. The maximum atomic E-state index is 4.65. The minimum absolute atomic E-state index is 0. The average molecular weight is 521 g/mol. The molecule has 0 aliphatic carbocycles. The molecule has 4 aromatic rings. The number of fused-ring (bicyclic) bond motifs is 1. The maximum Gasteiger partial charge on any atom is 0.193 e. The Hall–Kier alpha value is -2.40. The molecule has 0 aliphatic heterocycles. The zero-order valence-corrected chi connectivity index (χ0v) is 19.3. The van der Waals surface area contributed by atoms with Gasteiger partial charge in [0.1, 0.15) is 0 Å². The number of thiazole rings is 1. The standard InChI is InChI=1S/C20H23N7S.HI/c1-2-21-19(23-14-17-15-26-12-13-28-20(26)25-17)22-10-8-16-4-6-18(7-5-16)27-11-3-9-24-27;/h3-7,9,11-13,15H,2,8,10,14H2,1H3,(H2,21,22,23);1H. The van der Waals surface area contributed by atoms with Crippen LogP contribution in [0.5, 0.6) is 0 Å². The second kappa shape index (κ2) is 10.4. The number of rotatable bonds is 7. The van der Waals surface area contributed by atoms with Crippen LogP contribution in [0.1, 0.15) is 18.2 Å². The van der Waals surface area contributed by atoms with E-state index in [1.54, 1.807) is 17.5 Å². The minimum Gasteiger partial charge on any atom is -0.357 e. The third kappa shape index (κ3) is 5.57. The van der Waals surface area contributed by atoms with Gasteiger partial charge in [-0.1, -0.05) is 12.1 Å². The molecule has 0 spiro atoms. The lowest BCUT2D eigenvalue weighted by Crippen LogP contribution is -2.38. The van der Waals surface area contributed by atoms with E-state index < -0.39 is 0 Å². The molecule has 0 aliphatic rings. The van der Waals surface area contributed by atoms with E-state index in [0.717, 1.165) is 41.8 Å². The van der Waals surface area contributed by atoms with Gasteiger partial charge < -0.3 is 10.6 Å². The second-order valence-corrected chi connectivity index (χ2v) is 7.19. The highest BCUT2D eigenvalue weighted by molar-refractivity contribution is 14.0. The Morgan fingerprint density at radius 2 is 2.03 bits per heavy atom. The number of guanidine groups is 1. The largest absolute Gasteiger partial charge is 0.357 e. The normalized spacial score (nSPS) is 11.4. The summed E-state index contributed by atoms with van der Waals surface area (Å²) in [5, 5.41) is 13.0. The van der Waals surface area contributed by atoms with Gasteiger partial charge in [0.2, 0.25) is 0 Å². The quantitative estimate of drug-likeness (QED) is 0.222. The van der Waals surface area contributed by atoms with Crippen molar-refractivity contribution in [3.63, 3.8) is 0 Å². The van der Waals surface area contributed by atoms with Gasteiger partial charge in [0.15, 0.2) is 10.9 Å². The number of halogens is 1. The van der Waals surface area contributed by atoms with E-state index >= 15 is 0 Å². The molecule has 2 N–H and O–H groups in total.